The van der Waals surface area contributed by atoms with E-state index in [1.54, 1.807) is 29.7 Å². The average Bonchev–Trinajstić information content (AvgIpc) is 3.23. The van der Waals surface area contributed by atoms with Gasteiger partial charge in [0.25, 0.3) is 0 Å². The van der Waals surface area contributed by atoms with Gasteiger partial charge in [-0.05, 0) is 59.1 Å². The van der Waals surface area contributed by atoms with Gasteiger partial charge in [0.2, 0.25) is 0 Å². The van der Waals surface area contributed by atoms with Crippen LogP contribution in [0.2, 0.25) is 0 Å². The topological polar surface area (TPSA) is 91.8 Å². The van der Waals surface area contributed by atoms with Crippen molar-refractivity contribution in [1.82, 2.24) is 20.3 Å². The number of benzene rings is 1. The maximum Gasteiger partial charge on any atom is 0.320 e. The Morgan fingerprint density at radius 1 is 1.00 bits per heavy atom. The number of carbonyl (C=O) groups excluding carboxylic acids is 1. The predicted molar refractivity (Wildman–Crippen MR) is 113 cm³/mol. The van der Waals surface area contributed by atoms with E-state index in [1.165, 1.54) is 11.1 Å². The summed E-state index contributed by atoms with van der Waals surface area (Å²) in [7, 11) is 0. The van der Waals surface area contributed by atoms with Crippen LogP contribution in [0.4, 0.5) is 22.1 Å². The van der Waals surface area contributed by atoms with Gasteiger partial charge in [0.05, 0.1) is 6.20 Å². The number of urea groups is 1. The minimum Gasteiger partial charge on any atom is -0.339 e. The minimum atomic E-state index is -0.303. The lowest BCUT2D eigenvalue weighted by Gasteiger charge is -2.08. The number of thiophene rings is 1. The molecule has 28 heavy (non-hydrogen) atoms. The number of nitrogens with zero attached hydrogens (tertiary/aromatic N) is 3. The zero-order valence-corrected chi connectivity index (χ0v) is 16.0. The zero-order chi connectivity index (χ0) is 19.3. The van der Waals surface area contributed by atoms with Crippen molar-refractivity contribution in [1.29, 1.82) is 0 Å². The number of aromatic nitrogens is 3. The van der Waals surface area contributed by atoms with Crippen molar-refractivity contribution in [3.05, 3.63) is 59.4 Å². The fourth-order valence-corrected chi connectivity index (χ4v) is 3.34. The molecule has 3 heterocycles. The molecule has 140 valence electrons. The van der Waals surface area contributed by atoms with Gasteiger partial charge in [-0.2, -0.15) is 11.3 Å². The van der Waals surface area contributed by atoms with E-state index in [1.807, 2.05) is 19.1 Å². The third-order valence-corrected chi connectivity index (χ3v) is 4.68. The smallest absolute Gasteiger partial charge is 0.320 e. The Hall–Kier alpha value is -3.52. The molecule has 7 nitrogen and oxygen atoms in total. The molecule has 0 saturated carbocycles. The van der Waals surface area contributed by atoms with Crippen LogP contribution in [0.15, 0.2) is 59.4 Å². The van der Waals surface area contributed by atoms with E-state index in [0.717, 1.165) is 5.69 Å². The predicted octanol–water partition coefficient (Wildman–Crippen LogP) is 4.64. The first-order chi connectivity index (χ1) is 13.7. The van der Waals surface area contributed by atoms with Gasteiger partial charge in [-0.1, -0.05) is 12.1 Å². The summed E-state index contributed by atoms with van der Waals surface area (Å²) in [5, 5.41) is 12.8. The van der Waals surface area contributed by atoms with E-state index in [4.69, 9.17) is 0 Å². The fourth-order valence-electron chi connectivity index (χ4n) is 2.67. The first-order valence-electron chi connectivity index (χ1n) is 8.79. The van der Waals surface area contributed by atoms with Gasteiger partial charge >= 0.3 is 6.03 Å². The van der Waals surface area contributed by atoms with Crippen LogP contribution in [-0.4, -0.2) is 27.5 Å². The third-order valence-electron chi connectivity index (χ3n) is 4.00. The standard InChI is InChI=1S/C20H18N6OS/c1-2-21-20(27)26-17-8-7-16-19(24-17)25-18(11-22-16)23-15-5-3-13(4-6-15)14-9-10-28-12-14/h3-12H,2H2,1H3,(H3,21,23,24,25,26,27). The Morgan fingerprint density at radius 2 is 1.82 bits per heavy atom. The monoisotopic (exact) mass is 390 g/mol. The van der Waals surface area contributed by atoms with Gasteiger partial charge in [0, 0.05) is 12.2 Å². The molecule has 0 aliphatic heterocycles. The molecule has 0 radical (unpaired) electrons. The molecule has 3 aromatic heterocycles. The SMILES string of the molecule is CCNC(=O)Nc1ccc2ncc(Nc3ccc(-c4ccsc4)cc3)nc2n1. The van der Waals surface area contributed by atoms with Crippen molar-refractivity contribution in [2.24, 2.45) is 0 Å². The highest BCUT2D eigenvalue weighted by atomic mass is 32.1. The number of hydrogen-bond donors (Lipinski definition) is 3. The second kappa shape index (κ2) is 8.01. The van der Waals surface area contributed by atoms with E-state index in [-0.39, 0.29) is 6.03 Å². The molecule has 0 aliphatic rings. The summed E-state index contributed by atoms with van der Waals surface area (Å²) >= 11 is 1.68. The van der Waals surface area contributed by atoms with E-state index in [9.17, 15) is 4.79 Å². The maximum atomic E-state index is 11.7. The molecule has 1 aromatic carbocycles. The van der Waals surface area contributed by atoms with Crippen LogP contribution in [0.25, 0.3) is 22.3 Å². The number of carbonyl (C=O) groups is 1. The molecule has 2 amide bonds. The highest BCUT2D eigenvalue weighted by Gasteiger charge is 2.06. The summed E-state index contributed by atoms with van der Waals surface area (Å²) in [6.07, 6.45) is 1.66. The lowest BCUT2D eigenvalue weighted by molar-refractivity contribution is 0.252. The Labute approximate surface area is 165 Å². The molecule has 0 atom stereocenters. The molecule has 0 bridgehead atoms. The largest absolute Gasteiger partial charge is 0.339 e. The fraction of sp³-hybridized carbons (Fsp3) is 0.100. The van der Waals surface area contributed by atoms with Crippen molar-refractivity contribution in [2.75, 3.05) is 17.2 Å². The number of fused-ring (bicyclic) bond motifs is 1. The van der Waals surface area contributed by atoms with E-state index in [2.05, 4.69) is 59.9 Å². The third kappa shape index (κ3) is 4.07. The van der Waals surface area contributed by atoms with E-state index in [0.29, 0.717) is 29.3 Å². The summed E-state index contributed by atoms with van der Waals surface area (Å²) in [6, 6.07) is 13.4. The molecule has 4 aromatic rings. The number of hydrogen-bond acceptors (Lipinski definition) is 6. The minimum absolute atomic E-state index is 0.303. The van der Waals surface area contributed by atoms with Gasteiger partial charge in [-0.3, -0.25) is 5.32 Å². The highest BCUT2D eigenvalue weighted by molar-refractivity contribution is 7.08. The molecule has 4 rings (SSSR count). The number of nitrogens with one attached hydrogen (secondary N) is 3. The summed E-state index contributed by atoms with van der Waals surface area (Å²) in [5.74, 6) is 1.00. The highest BCUT2D eigenvalue weighted by Crippen LogP contribution is 2.25. The van der Waals surface area contributed by atoms with Crippen LogP contribution in [0.5, 0.6) is 0 Å². The summed E-state index contributed by atoms with van der Waals surface area (Å²) in [4.78, 5) is 24.9. The first-order valence-corrected chi connectivity index (χ1v) is 9.74. The van der Waals surface area contributed by atoms with Gasteiger partial charge in [0.1, 0.15) is 11.3 Å². The van der Waals surface area contributed by atoms with Crippen LogP contribution >= 0.6 is 11.3 Å². The molecule has 0 unspecified atom stereocenters. The summed E-state index contributed by atoms with van der Waals surface area (Å²) < 4.78 is 0. The normalized spacial score (nSPS) is 10.6. The maximum absolute atomic E-state index is 11.7. The van der Waals surface area contributed by atoms with Gasteiger partial charge < -0.3 is 10.6 Å². The van der Waals surface area contributed by atoms with Crippen molar-refractivity contribution < 1.29 is 4.79 Å². The number of pyridine rings is 1. The second-order valence-electron chi connectivity index (χ2n) is 5.99. The van der Waals surface area contributed by atoms with Crippen LogP contribution in [0, 0.1) is 0 Å². The molecule has 3 N–H and O–H groups in total. The van der Waals surface area contributed by atoms with Crippen LogP contribution in [-0.2, 0) is 0 Å². The molecular weight excluding hydrogens is 372 g/mol. The number of anilines is 3. The molecule has 0 spiro atoms. The Bertz CT molecular complexity index is 1100. The molecular formula is C20H18N6OS. The van der Waals surface area contributed by atoms with Crippen molar-refractivity contribution in [3.8, 4) is 11.1 Å². The lowest BCUT2D eigenvalue weighted by atomic mass is 10.1. The van der Waals surface area contributed by atoms with E-state index < -0.39 is 0 Å². The number of amides is 2. The quantitative estimate of drug-likeness (QED) is 0.462. The zero-order valence-electron chi connectivity index (χ0n) is 15.1. The molecule has 0 saturated heterocycles. The Balaban J connectivity index is 1.52. The molecule has 0 fully saturated rings. The van der Waals surface area contributed by atoms with Gasteiger partial charge in [-0.15, -0.1) is 0 Å². The first kappa shape index (κ1) is 17.9. The molecule has 0 aliphatic carbocycles. The molecule has 8 heteroatoms. The van der Waals surface area contributed by atoms with Crippen LogP contribution < -0.4 is 16.0 Å². The Morgan fingerprint density at radius 3 is 2.57 bits per heavy atom. The van der Waals surface area contributed by atoms with Crippen molar-refractivity contribution in [3.63, 3.8) is 0 Å². The van der Waals surface area contributed by atoms with Crippen LogP contribution in [0.1, 0.15) is 6.92 Å². The van der Waals surface area contributed by atoms with Gasteiger partial charge in [-0.25, -0.2) is 19.7 Å². The number of rotatable bonds is 5. The van der Waals surface area contributed by atoms with Crippen molar-refractivity contribution in [2.45, 2.75) is 6.92 Å². The summed E-state index contributed by atoms with van der Waals surface area (Å²) in [5.41, 5.74) is 4.38. The second-order valence-corrected chi connectivity index (χ2v) is 6.77. The van der Waals surface area contributed by atoms with Gasteiger partial charge in [0.15, 0.2) is 11.5 Å². The van der Waals surface area contributed by atoms with E-state index >= 15 is 0 Å². The lowest BCUT2D eigenvalue weighted by Crippen LogP contribution is -2.28. The average molecular weight is 390 g/mol. The summed E-state index contributed by atoms with van der Waals surface area (Å²) in [6.45, 7) is 2.39. The Kier molecular flexibility index (Phi) is 5.11. The van der Waals surface area contributed by atoms with Crippen molar-refractivity contribution >= 4 is 45.9 Å². The van der Waals surface area contributed by atoms with Crippen LogP contribution in [0.3, 0.4) is 0 Å².